The average molecular weight is 393 g/mol. The van der Waals surface area contributed by atoms with Gasteiger partial charge in [0.2, 0.25) is 0 Å². The van der Waals surface area contributed by atoms with Gasteiger partial charge in [0.05, 0.1) is 0 Å². The van der Waals surface area contributed by atoms with Crippen molar-refractivity contribution in [2.45, 2.75) is 84.0 Å². The highest BCUT2D eigenvalue weighted by Gasteiger charge is 2.22. The second-order valence-electron chi connectivity index (χ2n) is 8.82. The van der Waals surface area contributed by atoms with Crippen molar-refractivity contribution >= 4 is 12.2 Å². The Kier molecular flexibility index (Phi) is 8.52. The van der Waals surface area contributed by atoms with E-state index in [1.54, 1.807) is 6.07 Å². The molecule has 0 spiro atoms. The van der Waals surface area contributed by atoms with E-state index < -0.39 is 0 Å². The van der Waals surface area contributed by atoms with E-state index in [2.05, 4.69) is 44.2 Å². The van der Waals surface area contributed by atoms with Gasteiger partial charge in [0.15, 0.2) is 0 Å². The molecule has 0 atom stereocenters. The van der Waals surface area contributed by atoms with Gasteiger partial charge in [-0.1, -0.05) is 88.1 Å². The third-order valence-electron chi connectivity index (χ3n) is 6.54. The van der Waals surface area contributed by atoms with Gasteiger partial charge in [-0.3, -0.25) is 0 Å². The quantitative estimate of drug-likeness (QED) is 0.295. The molecule has 29 heavy (non-hydrogen) atoms. The maximum absolute atomic E-state index is 14.7. The fourth-order valence-electron chi connectivity index (χ4n) is 4.69. The number of benzene rings is 2. The lowest BCUT2D eigenvalue weighted by Gasteiger charge is -2.28. The molecular weight excluding hydrogens is 355 g/mol. The molecule has 1 fully saturated rings. The average Bonchev–Trinajstić information content (AvgIpc) is 2.75. The first-order valence-corrected chi connectivity index (χ1v) is 11.8. The first-order chi connectivity index (χ1) is 14.2. The normalized spacial score (nSPS) is 19.7. The van der Waals surface area contributed by atoms with Crippen LogP contribution in [0.1, 0.15) is 99.8 Å². The molecule has 0 aliphatic heterocycles. The standard InChI is InChI=1S/C28H37F/c1-3-5-6-8-23-9-11-24(12-10-23)15-18-26-19-20-27(21-28(26)29)25-16-13-22(7-4-2)14-17-25/h9-12,15,18-22,25H,3-8,13-14,16-17H2,1-2H3. The predicted molar refractivity (Wildman–Crippen MR) is 125 cm³/mol. The molecule has 1 aliphatic rings. The monoisotopic (exact) mass is 392 g/mol. The summed E-state index contributed by atoms with van der Waals surface area (Å²) >= 11 is 0. The zero-order valence-electron chi connectivity index (χ0n) is 18.3. The number of halogens is 1. The molecule has 3 rings (SSSR count). The summed E-state index contributed by atoms with van der Waals surface area (Å²) in [5.41, 5.74) is 4.38. The SMILES string of the molecule is CCCCCc1ccc(C=Cc2ccc(C3CCC(CCC)CC3)cc2F)cc1. The Balaban J connectivity index is 1.57. The Morgan fingerprint density at radius 1 is 0.862 bits per heavy atom. The van der Waals surface area contributed by atoms with Crippen LogP contribution < -0.4 is 0 Å². The minimum absolute atomic E-state index is 0.0920. The molecule has 1 aliphatic carbocycles. The number of hydrogen-bond acceptors (Lipinski definition) is 0. The van der Waals surface area contributed by atoms with Crippen molar-refractivity contribution in [2.75, 3.05) is 0 Å². The Hall–Kier alpha value is -1.89. The fourth-order valence-corrected chi connectivity index (χ4v) is 4.69. The summed E-state index contributed by atoms with van der Waals surface area (Å²) in [6, 6.07) is 14.6. The van der Waals surface area contributed by atoms with Crippen LogP contribution in [0.25, 0.3) is 12.2 Å². The molecule has 0 heterocycles. The van der Waals surface area contributed by atoms with Crippen LogP contribution in [0.3, 0.4) is 0 Å². The summed E-state index contributed by atoms with van der Waals surface area (Å²) < 4.78 is 14.7. The van der Waals surface area contributed by atoms with Gasteiger partial charge in [-0.05, 0) is 73.1 Å². The van der Waals surface area contributed by atoms with Crippen molar-refractivity contribution in [1.29, 1.82) is 0 Å². The topological polar surface area (TPSA) is 0 Å². The van der Waals surface area contributed by atoms with Gasteiger partial charge in [-0.2, -0.15) is 0 Å². The van der Waals surface area contributed by atoms with Crippen LogP contribution in [-0.4, -0.2) is 0 Å². The maximum atomic E-state index is 14.7. The number of aryl methyl sites for hydroxylation is 1. The molecule has 1 saturated carbocycles. The van der Waals surface area contributed by atoms with Crippen LogP contribution in [0, 0.1) is 11.7 Å². The van der Waals surface area contributed by atoms with Gasteiger partial charge in [-0.25, -0.2) is 4.39 Å². The Morgan fingerprint density at radius 3 is 2.28 bits per heavy atom. The zero-order chi connectivity index (χ0) is 20.5. The van der Waals surface area contributed by atoms with E-state index in [1.165, 1.54) is 68.9 Å². The molecule has 0 bridgehead atoms. The number of rotatable bonds is 9. The van der Waals surface area contributed by atoms with E-state index in [0.717, 1.165) is 17.9 Å². The highest BCUT2D eigenvalue weighted by Crippen LogP contribution is 2.37. The Morgan fingerprint density at radius 2 is 1.62 bits per heavy atom. The number of hydrogen-bond donors (Lipinski definition) is 0. The summed E-state index contributed by atoms with van der Waals surface area (Å²) in [5, 5.41) is 0. The number of unbranched alkanes of at least 4 members (excludes halogenated alkanes) is 2. The van der Waals surface area contributed by atoms with Gasteiger partial charge in [0.1, 0.15) is 5.82 Å². The zero-order valence-corrected chi connectivity index (χ0v) is 18.3. The molecule has 0 saturated heterocycles. The summed E-state index contributed by atoms with van der Waals surface area (Å²) in [6.45, 7) is 4.51. The van der Waals surface area contributed by atoms with E-state index in [-0.39, 0.29) is 5.82 Å². The Bertz CT molecular complexity index is 763. The summed E-state index contributed by atoms with van der Waals surface area (Å²) in [4.78, 5) is 0. The second-order valence-corrected chi connectivity index (χ2v) is 8.82. The van der Waals surface area contributed by atoms with Crippen molar-refractivity contribution in [3.8, 4) is 0 Å². The molecule has 2 aromatic carbocycles. The molecule has 0 aromatic heterocycles. The van der Waals surface area contributed by atoms with Crippen molar-refractivity contribution in [1.82, 2.24) is 0 Å². The lowest BCUT2D eigenvalue weighted by atomic mass is 9.77. The first kappa shape index (κ1) is 21.8. The summed E-state index contributed by atoms with van der Waals surface area (Å²) in [7, 11) is 0. The second kappa shape index (κ2) is 11.3. The molecule has 156 valence electrons. The van der Waals surface area contributed by atoms with Crippen molar-refractivity contribution < 1.29 is 4.39 Å². The van der Waals surface area contributed by atoms with E-state index in [1.807, 2.05) is 18.2 Å². The third-order valence-corrected chi connectivity index (χ3v) is 6.54. The highest BCUT2D eigenvalue weighted by molar-refractivity contribution is 5.70. The van der Waals surface area contributed by atoms with Crippen LogP contribution in [0.15, 0.2) is 42.5 Å². The summed E-state index contributed by atoms with van der Waals surface area (Å²) in [6.07, 6.45) is 16.5. The smallest absolute Gasteiger partial charge is 0.130 e. The molecule has 0 N–H and O–H groups in total. The van der Waals surface area contributed by atoms with Gasteiger partial charge < -0.3 is 0 Å². The maximum Gasteiger partial charge on any atom is 0.130 e. The first-order valence-electron chi connectivity index (χ1n) is 11.8. The molecule has 0 nitrogen and oxygen atoms in total. The molecule has 0 amide bonds. The van der Waals surface area contributed by atoms with Crippen LogP contribution in [0.2, 0.25) is 0 Å². The minimum Gasteiger partial charge on any atom is -0.206 e. The third kappa shape index (κ3) is 6.56. The van der Waals surface area contributed by atoms with Gasteiger partial charge >= 0.3 is 0 Å². The lowest BCUT2D eigenvalue weighted by Crippen LogP contribution is -2.13. The predicted octanol–water partition coefficient (Wildman–Crippen LogP) is 8.80. The van der Waals surface area contributed by atoms with Crippen LogP contribution in [0.4, 0.5) is 4.39 Å². The van der Waals surface area contributed by atoms with Gasteiger partial charge in [0, 0.05) is 5.56 Å². The molecular formula is C28H37F. The fraction of sp³-hybridized carbons (Fsp3) is 0.500. The van der Waals surface area contributed by atoms with E-state index in [0.29, 0.717) is 11.5 Å². The molecule has 0 radical (unpaired) electrons. The minimum atomic E-state index is -0.0920. The summed E-state index contributed by atoms with van der Waals surface area (Å²) in [5.74, 6) is 1.34. The van der Waals surface area contributed by atoms with Crippen LogP contribution in [0.5, 0.6) is 0 Å². The Labute approximate surface area is 177 Å². The van der Waals surface area contributed by atoms with E-state index >= 15 is 0 Å². The van der Waals surface area contributed by atoms with Crippen molar-refractivity contribution in [2.24, 2.45) is 5.92 Å². The highest BCUT2D eigenvalue weighted by atomic mass is 19.1. The molecule has 1 heteroatoms. The van der Waals surface area contributed by atoms with E-state index in [9.17, 15) is 4.39 Å². The van der Waals surface area contributed by atoms with Crippen LogP contribution in [-0.2, 0) is 6.42 Å². The molecule has 0 unspecified atom stereocenters. The van der Waals surface area contributed by atoms with Crippen molar-refractivity contribution in [3.63, 3.8) is 0 Å². The van der Waals surface area contributed by atoms with E-state index in [4.69, 9.17) is 0 Å². The van der Waals surface area contributed by atoms with Gasteiger partial charge in [-0.15, -0.1) is 0 Å². The van der Waals surface area contributed by atoms with Crippen molar-refractivity contribution in [3.05, 3.63) is 70.5 Å². The lowest BCUT2D eigenvalue weighted by molar-refractivity contribution is 0.308. The largest absolute Gasteiger partial charge is 0.206 e. The van der Waals surface area contributed by atoms with Crippen LogP contribution >= 0.6 is 0 Å². The molecule has 2 aromatic rings. The van der Waals surface area contributed by atoms with Gasteiger partial charge in [0.25, 0.3) is 0 Å².